The number of rotatable bonds is 4. The summed E-state index contributed by atoms with van der Waals surface area (Å²) in [6.07, 6.45) is 2.40. The number of hydrogen-bond acceptors (Lipinski definition) is 3. The maximum absolute atomic E-state index is 11.9. The Labute approximate surface area is 93.7 Å². The standard InChI is InChI=1S/C11H16N2OS/c1-7-5-15-6-9(7)11(14)13-10(4-12)8-2-3-8/h5-6,8,10H,2-4,12H2,1H3,(H,13,14). The molecule has 1 aliphatic carbocycles. The Morgan fingerprint density at radius 2 is 2.40 bits per heavy atom. The van der Waals surface area contributed by atoms with E-state index in [-0.39, 0.29) is 11.9 Å². The zero-order chi connectivity index (χ0) is 10.8. The van der Waals surface area contributed by atoms with Crippen LogP contribution in [0.4, 0.5) is 0 Å². The molecule has 0 radical (unpaired) electrons. The Kier molecular flexibility index (Phi) is 3.07. The monoisotopic (exact) mass is 224 g/mol. The average Bonchev–Trinajstić information content (AvgIpc) is 2.97. The number of nitrogens with one attached hydrogen (secondary N) is 1. The van der Waals surface area contributed by atoms with Crippen molar-refractivity contribution in [3.05, 3.63) is 21.9 Å². The van der Waals surface area contributed by atoms with Crippen molar-refractivity contribution < 1.29 is 4.79 Å². The van der Waals surface area contributed by atoms with Gasteiger partial charge in [0.1, 0.15) is 0 Å². The van der Waals surface area contributed by atoms with Crippen LogP contribution in [0.5, 0.6) is 0 Å². The molecule has 0 bridgehead atoms. The number of carbonyl (C=O) groups excluding carboxylic acids is 1. The summed E-state index contributed by atoms with van der Waals surface area (Å²) in [7, 11) is 0. The van der Waals surface area contributed by atoms with E-state index in [4.69, 9.17) is 5.73 Å². The van der Waals surface area contributed by atoms with Crippen LogP contribution in [-0.4, -0.2) is 18.5 Å². The zero-order valence-electron chi connectivity index (χ0n) is 8.82. The summed E-state index contributed by atoms with van der Waals surface area (Å²) in [6, 6.07) is 0.164. The molecule has 0 saturated heterocycles. The van der Waals surface area contributed by atoms with E-state index in [0.29, 0.717) is 12.5 Å². The van der Waals surface area contributed by atoms with Gasteiger partial charge in [-0.3, -0.25) is 4.79 Å². The molecule has 4 heteroatoms. The van der Waals surface area contributed by atoms with Crippen LogP contribution >= 0.6 is 11.3 Å². The first-order valence-electron chi connectivity index (χ1n) is 5.26. The summed E-state index contributed by atoms with van der Waals surface area (Å²) in [4.78, 5) is 11.9. The van der Waals surface area contributed by atoms with Gasteiger partial charge in [0, 0.05) is 18.0 Å². The Balaban J connectivity index is 1.99. The van der Waals surface area contributed by atoms with E-state index < -0.39 is 0 Å². The molecule has 1 aromatic rings. The predicted molar refractivity (Wildman–Crippen MR) is 62.1 cm³/mol. The van der Waals surface area contributed by atoms with Crippen molar-refractivity contribution in [2.24, 2.45) is 11.7 Å². The number of aryl methyl sites for hydroxylation is 1. The Hall–Kier alpha value is -0.870. The molecule has 1 unspecified atom stereocenters. The van der Waals surface area contributed by atoms with Gasteiger partial charge in [0.25, 0.3) is 5.91 Å². The van der Waals surface area contributed by atoms with Gasteiger partial charge in [-0.2, -0.15) is 11.3 Å². The summed E-state index contributed by atoms with van der Waals surface area (Å²) < 4.78 is 0. The van der Waals surface area contributed by atoms with Gasteiger partial charge in [-0.1, -0.05) is 0 Å². The van der Waals surface area contributed by atoms with Crippen LogP contribution in [0.3, 0.4) is 0 Å². The average molecular weight is 224 g/mol. The van der Waals surface area contributed by atoms with Crippen molar-refractivity contribution in [1.82, 2.24) is 5.32 Å². The SMILES string of the molecule is Cc1cscc1C(=O)NC(CN)C1CC1. The molecule has 3 nitrogen and oxygen atoms in total. The molecule has 2 rings (SSSR count). The zero-order valence-corrected chi connectivity index (χ0v) is 9.64. The summed E-state index contributed by atoms with van der Waals surface area (Å²) in [5, 5.41) is 6.90. The fraction of sp³-hybridized carbons (Fsp3) is 0.545. The molecule has 15 heavy (non-hydrogen) atoms. The molecule has 1 saturated carbocycles. The lowest BCUT2D eigenvalue weighted by molar-refractivity contribution is 0.0933. The van der Waals surface area contributed by atoms with Crippen LogP contribution in [0, 0.1) is 12.8 Å². The van der Waals surface area contributed by atoms with Crippen molar-refractivity contribution in [1.29, 1.82) is 0 Å². The third-order valence-electron chi connectivity index (χ3n) is 2.86. The second-order valence-electron chi connectivity index (χ2n) is 4.12. The molecule has 82 valence electrons. The lowest BCUT2D eigenvalue weighted by Crippen LogP contribution is -2.41. The van der Waals surface area contributed by atoms with E-state index >= 15 is 0 Å². The number of nitrogens with two attached hydrogens (primary N) is 1. The first-order chi connectivity index (χ1) is 7.22. The summed E-state index contributed by atoms with van der Waals surface area (Å²) >= 11 is 1.56. The van der Waals surface area contributed by atoms with Gasteiger partial charge in [-0.25, -0.2) is 0 Å². The van der Waals surface area contributed by atoms with E-state index in [2.05, 4.69) is 5.32 Å². The van der Waals surface area contributed by atoms with Gasteiger partial charge in [0.05, 0.1) is 5.56 Å². The van der Waals surface area contributed by atoms with Crippen LogP contribution in [0.1, 0.15) is 28.8 Å². The lowest BCUT2D eigenvalue weighted by atomic mass is 10.1. The minimum atomic E-state index is 0.0242. The number of hydrogen-bond donors (Lipinski definition) is 2. The van der Waals surface area contributed by atoms with Gasteiger partial charge in [0.15, 0.2) is 0 Å². The number of thiophene rings is 1. The highest BCUT2D eigenvalue weighted by Gasteiger charge is 2.31. The molecular formula is C11H16N2OS. The minimum absolute atomic E-state index is 0.0242. The van der Waals surface area contributed by atoms with Gasteiger partial charge in [-0.05, 0) is 36.6 Å². The third-order valence-corrected chi connectivity index (χ3v) is 3.72. The molecule has 0 aliphatic heterocycles. The number of carbonyl (C=O) groups is 1. The smallest absolute Gasteiger partial charge is 0.252 e. The van der Waals surface area contributed by atoms with E-state index in [1.807, 2.05) is 17.7 Å². The minimum Gasteiger partial charge on any atom is -0.348 e. The van der Waals surface area contributed by atoms with Crippen molar-refractivity contribution >= 4 is 17.2 Å². The van der Waals surface area contributed by atoms with Crippen LogP contribution in [0.2, 0.25) is 0 Å². The van der Waals surface area contributed by atoms with Crippen LogP contribution in [0.15, 0.2) is 10.8 Å². The summed E-state index contributed by atoms with van der Waals surface area (Å²) in [5.74, 6) is 0.633. The second-order valence-corrected chi connectivity index (χ2v) is 4.87. The Bertz CT molecular complexity index is 357. The van der Waals surface area contributed by atoms with Gasteiger partial charge in [-0.15, -0.1) is 0 Å². The van der Waals surface area contributed by atoms with Crippen LogP contribution in [0.25, 0.3) is 0 Å². The van der Waals surface area contributed by atoms with Gasteiger partial charge >= 0.3 is 0 Å². The molecular weight excluding hydrogens is 208 g/mol. The first kappa shape index (κ1) is 10.6. The van der Waals surface area contributed by atoms with Crippen molar-refractivity contribution in [2.45, 2.75) is 25.8 Å². The highest BCUT2D eigenvalue weighted by atomic mass is 32.1. The Morgan fingerprint density at radius 3 is 2.87 bits per heavy atom. The van der Waals surface area contributed by atoms with Crippen molar-refractivity contribution in [3.63, 3.8) is 0 Å². The maximum Gasteiger partial charge on any atom is 0.252 e. The largest absolute Gasteiger partial charge is 0.348 e. The topological polar surface area (TPSA) is 55.1 Å². The highest BCUT2D eigenvalue weighted by molar-refractivity contribution is 7.08. The molecule has 1 atom stereocenters. The summed E-state index contributed by atoms with van der Waals surface area (Å²) in [5.41, 5.74) is 7.48. The molecule has 1 fully saturated rings. The van der Waals surface area contributed by atoms with E-state index in [1.165, 1.54) is 12.8 Å². The Morgan fingerprint density at radius 1 is 1.67 bits per heavy atom. The molecule has 1 heterocycles. The highest BCUT2D eigenvalue weighted by Crippen LogP contribution is 2.32. The normalized spacial score (nSPS) is 17.5. The summed E-state index contributed by atoms with van der Waals surface area (Å²) in [6.45, 7) is 2.50. The molecule has 0 aromatic carbocycles. The second kappa shape index (κ2) is 4.33. The van der Waals surface area contributed by atoms with Gasteiger partial charge in [0.2, 0.25) is 0 Å². The fourth-order valence-corrected chi connectivity index (χ4v) is 2.54. The maximum atomic E-state index is 11.9. The number of amides is 1. The van der Waals surface area contributed by atoms with Crippen LogP contribution < -0.4 is 11.1 Å². The molecule has 1 aromatic heterocycles. The first-order valence-corrected chi connectivity index (χ1v) is 6.20. The third kappa shape index (κ3) is 2.38. The van der Waals surface area contributed by atoms with Crippen molar-refractivity contribution in [3.8, 4) is 0 Å². The van der Waals surface area contributed by atoms with Gasteiger partial charge < -0.3 is 11.1 Å². The molecule has 1 amide bonds. The fourth-order valence-electron chi connectivity index (χ4n) is 1.71. The predicted octanol–water partition coefficient (Wildman–Crippen LogP) is 1.52. The molecule has 3 N–H and O–H groups in total. The lowest BCUT2D eigenvalue weighted by Gasteiger charge is -2.15. The van der Waals surface area contributed by atoms with Crippen molar-refractivity contribution in [2.75, 3.05) is 6.54 Å². The van der Waals surface area contributed by atoms with E-state index in [9.17, 15) is 4.79 Å². The van der Waals surface area contributed by atoms with E-state index in [0.717, 1.165) is 11.1 Å². The molecule has 0 spiro atoms. The quantitative estimate of drug-likeness (QED) is 0.814. The molecule has 1 aliphatic rings. The van der Waals surface area contributed by atoms with Crippen LogP contribution in [-0.2, 0) is 0 Å². The van der Waals surface area contributed by atoms with E-state index in [1.54, 1.807) is 11.3 Å².